The van der Waals surface area contributed by atoms with Gasteiger partial charge in [-0.15, -0.1) is 0 Å². The van der Waals surface area contributed by atoms with Gasteiger partial charge in [0, 0.05) is 6.04 Å². The number of nitrogens with zero attached hydrogens (tertiary/aromatic N) is 2. The van der Waals surface area contributed by atoms with Gasteiger partial charge in [-0.1, -0.05) is 12.1 Å². The van der Waals surface area contributed by atoms with Crippen molar-refractivity contribution in [1.82, 2.24) is 14.9 Å². The number of para-hydroxylation sites is 1. The third-order valence-corrected chi connectivity index (χ3v) is 7.43. The van der Waals surface area contributed by atoms with Gasteiger partial charge in [0.15, 0.2) is 0 Å². The molecule has 4 aliphatic carbocycles. The number of hydrogen-bond acceptors (Lipinski definition) is 3. The predicted octanol–water partition coefficient (Wildman–Crippen LogP) is 3.12. The van der Waals surface area contributed by atoms with Crippen LogP contribution in [0.2, 0.25) is 0 Å². The van der Waals surface area contributed by atoms with Gasteiger partial charge >= 0.3 is 0 Å². The Hall–Kier alpha value is -2.17. The fourth-order valence-corrected chi connectivity index (χ4v) is 6.52. The second kappa shape index (κ2) is 6.18. The number of carbonyl (C=O) groups is 1. The van der Waals surface area contributed by atoms with Crippen LogP contribution >= 0.6 is 0 Å². The minimum Gasteiger partial charge on any atom is -0.352 e. The number of aromatic nitrogens is 2. The Morgan fingerprint density at radius 2 is 1.81 bits per heavy atom. The normalized spacial score (nSPS) is 32.6. The molecule has 6 rings (SSSR count). The van der Waals surface area contributed by atoms with Crippen LogP contribution in [0, 0.1) is 23.2 Å². The van der Waals surface area contributed by atoms with Gasteiger partial charge in [-0.2, -0.15) is 0 Å². The number of benzene rings is 1. The van der Waals surface area contributed by atoms with Crippen molar-refractivity contribution in [2.24, 2.45) is 23.2 Å². The van der Waals surface area contributed by atoms with E-state index in [1.165, 1.54) is 49.4 Å². The molecular weight excluding hydrogens is 338 g/mol. The van der Waals surface area contributed by atoms with Crippen LogP contribution in [0.1, 0.15) is 45.4 Å². The fraction of sp³-hybridized carbons (Fsp3) is 0.591. The maximum absolute atomic E-state index is 12.7. The lowest BCUT2D eigenvalue weighted by Crippen LogP contribution is -2.56. The maximum Gasteiger partial charge on any atom is 0.261 e. The SMILES string of the molecule is CC(NC(=O)Cn1cnc2ccccc2c1=O)C12CC3CC(CC(C3)C1)C2. The van der Waals surface area contributed by atoms with Gasteiger partial charge in [-0.05, 0) is 80.8 Å². The van der Waals surface area contributed by atoms with Gasteiger partial charge in [-0.25, -0.2) is 4.98 Å². The summed E-state index contributed by atoms with van der Waals surface area (Å²) >= 11 is 0. The first-order chi connectivity index (χ1) is 13.0. The summed E-state index contributed by atoms with van der Waals surface area (Å²) in [5, 5.41) is 3.79. The molecule has 142 valence electrons. The molecule has 4 saturated carbocycles. The largest absolute Gasteiger partial charge is 0.352 e. The summed E-state index contributed by atoms with van der Waals surface area (Å²) in [7, 11) is 0. The minimum absolute atomic E-state index is 0.0351. The number of carbonyl (C=O) groups excluding carboxylic acids is 1. The molecule has 5 nitrogen and oxygen atoms in total. The quantitative estimate of drug-likeness (QED) is 0.905. The maximum atomic E-state index is 12.7. The lowest BCUT2D eigenvalue weighted by molar-refractivity contribution is -0.126. The summed E-state index contributed by atoms with van der Waals surface area (Å²) in [5.41, 5.74) is 0.788. The summed E-state index contributed by atoms with van der Waals surface area (Å²) < 4.78 is 1.42. The van der Waals surface area contributed by atoms with Gasteiger partial charge in [0.25, 0.3) is 5.56 Å². The zero-order valence-electron chi connectivity index (χ0n) is 15.9. The standard InChI is InChI=1S/C22H27N3O2/c1-14(22-9-15-6-16(10-22)8-17(7-15)11-22)24-20(26)12-25-13-23-19-5-3-2-4-18(19)21(25)27/h2-5,13-17H,6-12H2,1H3,(H,24,26). The zero-order valence-corrected chi connectivity index (χ0v) is 15.9. The molecular formula is C22H27N3O2. The van der Waals surface area contributed by atoms with E-state index in [2.05, 4.69) is 17.2 Å². The second-order valence-corrected chi connectivity index (χ2v) is 9.26. The molecule has 1 aromatic carbocycles. The summed E-state index contributed by atoms with van der Waals surface area (Å²) in [6.07, 6.45) is 9.47. The highest BCUT2D eigenvalue weighted by molar-refractivity contribution is 5.79. The summed E-state index contributed by atoms with van der Waals surface area (Å²) in [4.78, 5) is 29.6. The highest BCUT2D eigenvalue weighted by Crippen LogP contribution is 2.61. The van der Waals surface area contributed by atoms with E-state index in [-0.39, 0.29) is 29.5 Å². The van der Waals surface area contributed by atoms with Crippen LogP contribution in [-0.2, 0) is 11.3 Å². The van der Waals surface area contributed by atoms with Crippen molar-refractivity contribution in [1.29, 1.82) is 0 Å². The molecule has 2 aromatic rings. The van der Waals surface area contributed by atoms with Crippen molar-refractivity contribution in [2.75, 3.05) is 0 Å². The van der Waals surface area contributed by atoms with Crippen LogP contribution in [0.5, 0.6) is 0 Å². The zero-order chi connectivity index (χ0) is 18.6. The molecule has 4 aliphatic rings. The van der Waals surface area contributed by atoms with Crippen LogP contribution < -0.4 is 10.9 Å². The molecule has 1 N–H and O–H groups in total. The van der Waals surface area contributed by atoms with E-state index in [9.17, 15) is 9.59 Å². The molecule has 1 amide bonds. The summed E-state index contributed by atoms with van der Waals surface area (Å²) in [6.45, 7) is 2.21. The fourth-order valence-electron chi connectivity index (χ4n) is 6.52. The molecule has 4 bridgehead atoms. The van der Waals surface area contributed by atoms with E-state index in [4.69, 9.17) is 0 Å². The van der Waals surface area contributed by atoms with E-state index in [0.29, 0.717) is 10.9 Å². The summed E-state index contributed by atoms with van der Waals surface area (Å²) in [6, 6.07) is 7.43. The van der Waals surface area contributed by atoms with E-state index >= 15 is 0 Å². The predicted molar refractivity (Wildman–Crippen MR) is 104 cm³/mol. The lowest BCUT2D eigenvalue weighted by atomic mass is 9.48. The topological polar surface area (TPSA) is 64.0 Å². The van der Waals surface area contributed by atoms with Crippen molar-refractivity contribution in [3.05, 3.63) is 40.9 Å². The Balaban J connectivity index is 1.31. The van der Waals surface area contributed by atoms with Gasteiger partial charge < -0.3 is 5.32 Å². The molecule has 0 aliphatic heterocycles. The van der Waals surface area contributed by atoms with Crippen LogP contribution in [-0.4, -0.2) is 21.5 Å². The van der Waals surface area contributed by atoms with Crippen LogP contribution in [0.4, 0.5) is 0 Å². The van der Waals surface area contributed by atoms with E-state index < -0.39 is 0 Å². The Morgan fingerprint density at radius 3 is 2.48 bits per heavy atom. The van der Waals surface area contributed by atoms with Gasteiger partial charge in [-0.3, -0.25) is 14.2 Å². The Morgan fingerprint density at radius 1 is 1.19 bits per heavy atom. The first-order valence-corrected chi connectivity index (χ1v) is 10.3. The lowest BCUT2D eigenvalue weighted by Gasteiger charge is -2.59. The smallest absolute Gasteiger partial charge is 0.261 e. The van der Waals surface area contributed by atoms with Crippen LogP contribution in [0.3, 0.4) is 0 Å². The summed E-state index contributed by atoms with van der Waals surface area (Å²) in [5.74, 6) is 2.51. The van der Waals surface area contributed by atoms with Crippen LogP contribution in [0.15, 0.2) is 35.4 Å². The first-order valence-electron chi connectivity index (χ1n) is 10.3. The molecule has 27 heavy (non-hydrogen) atoms. The minimum atomic E-state index is -0.154. The number of fused-ring (bicyclic) bond motifs is 1. The number of rotatable bonds is 4. The molecule has 0 spiro atoms. The Kier molecular flexibility index (Phi) is 3.88. The second-order valence-electron chi connectivity index (χ2n) is 9.26. The molecule has 0 radical (unpaired) electrons. The Bertz CT molecular complexity index is 913. The average Bonchev–Trinajstić information content (AvgIpc) is 2.63. The highest BCUT2D eigenvalue weighted by atomic mass is 16.2. The molecule has 1 atom stereocenters. The molecule has 4 fully saturated rings. The molecule has 0 saturated heterocycles. The number of hydrogen-bond donors (Lipinski definition) is 1. The van der Waals surface area contributed by atoms with Gasteiger partial charge in [0.2, 0.25) is 5.91 Å². The molecule has 1 heterocycles. The highest BCUT2D eigenvalue weighted by Gasteiger charge is 2.53. The number of amides is 1. The number of nitrogens with one attached hydrogen (secondary N) is 1. The van der Waals surface area contributed by atoms with Crippen molar-refractivity contribution in [3.63, 3.8) is 0 Å². The van der Waals surface area contributed by atoms with Gasteiger partial charge in [0.05, 0.1) is 17.2 Å². The van der Waals surface area contributed by atoms with Crippen molar-refractivity contribution >= 4 is 16.8 Å². The molecule has 1 aromatic heterocycles. The first kappa shape index (κ1) is 17.0. The van der Waals surface area contributed by atoms with Crippen LogP contribution in [0.25, 0.3) is 10.9 Å². The van der Waals surface area contributed by atoms with Crippen molar-refractivity contribution < 1.29 is 4.79 Å². The third-order valence-electron chi connectivity index (χ3n) is 7.43. The van der Waals surface area contributed by atoms with Crippen molar-refractivity contribution in [2.45, 2.75) is 58.0 Å². The van der Waals surface area contributed by atoms with E-state index in [0.717, 1.165) is 17.8 Å². The van der Waals surface area contributed by atoms with E-state index in [1.807, 2.05) is 18.2 Å². The average molecular weight is 365 g/mol. The molecule has 1 unspecified atom stereocenters. The Labute approximate surface area is 159 Å². The molecule has 5 heteroatoms. The van der Waals surface area contributed by atoms with Crippen molar-refractivity contribution in [3.8, 4) is 0 Å². The monoisotopic (exact) mass is 365 g/mol. The third kappa shape index (κ3) is 2.88. The van der Waals surface area contributed by atoms with E-state index in [1.54, 1.807) is 6.07 Å². The van der Waals surface area contributed by atoms with Gasteiger partial charge in [0.1, 0.15) is 6.54 Å².